The van der Waals surface area contributed by atoms with E-state index in [1.807, 2.05) is 0 Å². The van der Waals surface area contributed by atoms with Crippen LogP contribution in [0.4, 0.5) is 10.5 Å². The summed E-state index contributed by atoms with van der Waals surface area (Å²) in [4.78, 5) is 22.8. The van der Waals surface area contributed by atoms with Gasteiger partial charge in [0, 0.05) is 11.8 Å². The van der Waals surface area contributed by atoms with Gasteiger partial charge in [0.1, 0.15) is 5.75 Å². The summed E-state index contributed by atoms with van der Waals surface area (Å²) in [5.74, 6) is -0.0979. The van der Waals surface area contributed by atoms with Crippen molar-refractivity contribution in [3.63, 3.8) is 0 Å². The zero-order valence-electron chi connectivity index (χ0n) is 13.9. The van der Waals surface area contributed by atoms with E-state index in [-0.39, 0.29) is 11.5 Å². The number of benzene rings is 2. The lowest BCUT2D eigenvalue weighted by Crippen LogP contribution is -2.30. The van der Waals surface area contributed by atoms with E-state index in [9.17, 15) is 18.0 Å². The average molecular weight is 433 g/mol. The lowest BCUT2D eigenvalue weighted by Gasteiger charge is -2.09. The number of ether oxygens (including phenoxy) is 2. The van der Waals surface area contributed by atoms with Gasteiger partial charge < -0.3 is 14.8 Å². The molecule has 2 N–H and O–H groups in total. The van der Waals surface area contributed by atoms with Crippen LogP contribution in [0.5, 0.6) is 5.75 Å². The second kappa shape index (κ2) is 8.94. The zero-order chi connectivity index (χ0) is 20.0. The van der Waals surface area contributed by atoms with Crippen LogP contribution in [0.2, 0.25) is 10.0 Å². The summed E-state index contributed by atoms with van der Waals surface area (Å²) in [6.45, 7) is -0.290. The Bertz CT molecular complexity index is 948. The number of rotatable bonds is 6. The Labute approximate surface area is 165 Å². The van der Waals surface area contributed by atoms with Crippen molar-refractivity contribution in [2.45, 2.75) is 4.90 Å². The monoisotopic (exact) mass is 432 g/mol. The molecule has 0 heterocycles. The summed E-state index contributed by atoms with van der Waals surface area (Å²) >= 11 is 11.6. The van der Waals surface area contributed by atoms with Crippen LogP contribution in [0.1, 0.15) is 0 Å². The Hall–Kier alpha value is -2.49. The van der Waals surface area contributed by atoms with Crippen molar-refractivity contribution in [3.05, 3.63) is 52.5 Å². The second-order valence-electron chi connectivity index (χ2n) is 5.03. The van der Waals surface area contributed by atoms with Crippen molar-refractivity contribution in [1.29, 1.82) is 0 Å². The summed E-state index contributed by atoms with van der Waals surface area (Å²) in [7, 11) is -3.01. The first kappa shape index (κ1) is 20.8. The first-order chi connectivity index (χ1) is 12.7. The molecule has 0 unspecified atom stereocenters. The lowest BCUT2D eigenvalue weighted by atomic mass is 10.3. The number of halogens is 2. The van der Waals surface area contributed by atoms with E-state index in [2.05, 4.69) is 10.1 Å². The Balaban J connectivity index is 1.94. The number of anilines is 1. The SMILES string of the molecule is COC(=O)NS(=O)(=O)c1ccc(NC(=O)COc2ccc(Cl)c(Cl)c2)cc1. The molecule has 0 aliphatic rings. The molecule has 2 amide bonds. The van der Waals surface area contributed by atoms with Crippen LogP contribution in [-0.4, -0.2) is 34.1 Å². The van der Waals surface area contributed by atoms with E-state index in [4.69, 9.17) is 27.9 Å². The van der Waals surface area contributed by atoms with Gasteiger partial charge in [0.25, 0.3) is 15.9 Å². The fourth-order valence-corrected chi connectivity index (χ4v) is 3.04. The van der Waals surface area contributed by atoms with Crippen LogP contribution in [-0.2, 0) is 19.6 Å². The molecule has 0 saturated heterocycles. The Kier molecular flexibility index (Phi) is 6.89. The van der Waals surface area contributed by atoms with Gasteiger partial charge in [-0.2, -0.15) is 0 Å². The van der Waals surface area contributed by atoms with Gasteiger partial charge in [0.05, 0.1) is 22.1 Å². The number of nitrogens with one attached hydrogen (secondary N) is 2. The molecule has 11 heteroatoms. The molecule has 2 rings (SSSR count). The van der Waals surface area contributed by atoms with E-state index in [0.29, 0.717) is 21.5 Å². The molecule has 0 fully saturated rings. The average Bonchev–Trinajstić information content (AvgIpc) is 2.62. The number of hydrogen-bond donors (Lipinski definition) is 2. The fourth-order valence-electron chi connectivity index (χ4n) is 1.84. The molecule has 2 aromatic carbocycles. The number of hydrogen-bond acceptors (Lipinski definition) is 6. The van der Waals surface area contributed by atoms with Crippen LogP contribution in [0.15, 0.2) is 47.4 Å². The molecule has 0 radical (unpaired) electrons. The van der Waals surface area contributed by atoms with Crippen molar-refractivity contribution in [2.24, 2.45) is 0 Å². The van der Waals surface area contributed by atoms with Gasteiger partial charge in [-0.25, -0.2) is 17.9 Å². The number of carbonyl (C=O) groups excluding carboxylic acids is 2. The Morgan fingerprint density at radius 2 is 1.70 bits per heavy atom. The molecule has 0 atom stereocenters. The van der Waals surface area contributed by atoms with E-state index in [1.165, 1.54) is 30.3 Å². The topological polar surface area (TPSA) is 111 Å². The molecule has 8 nitrogen and oxygen atoms in total. The minimum Gasteiger partial charge on any atom is -0.484 e. The number of methoxy groups -OCH3 is 1. The molecule has 0 aromatic heterocycles. The Morgan fingerprint density at radius 3 is 2.30 bits per heavy atom. The van der Waals surface area contributed by atoms with Gasteiger partial charge >= 0.3 is 6.09 Å². The fraction of sp³-hybridized carbons (Fsp3) is 0.125. The number of amides is 2. The first-order valence-electron chi connectivity index (χ1n) is 7.30. The highest BCUT2D eigenvalue weighted by molar-refractivity contribution is 7.90. The van der Waals surface area contributed by atoms with Crippen LogP contribution >= 0.6 is 23.2 Å². The maximum Gasteiger partial charge on any atom is 0.420 e. The number of sulfonamides is 1. The highest BCUT2D eigenvalue weighted by atomic mass is 35.5. The zero-order valence-corrected chi connectivity index (χ0v) is 16.2. The minimum atomic E-state index is -4.06. The van der Waals surface area contributed by atoms with Crippen molar-refractivity contribution < 1.29 is 27.5 Å². The first-order valence-corrected chi connectivity index (χ1v) is 9.54. The van der Waals surface area contributed by atoms with Crippen molar-refractivity contribution in [2.75, 3.05) is 19.0 Å². The van der Waals surface area contributed by atoms with Crippen molar-refractivity contribution >= 4 is 50.9 Å². The molecule has 144 valence electrons. The predicted molar refractivity (Wildman–Crippen MR) is 99.8 cm³/mol. The number of carbonyl (C=O) groups is 2. The van der Waals surface area contributed by atoms with Gasteiger partial charge in [-0.15, -0.1) is 0 Å². The molecular formula is C16H14Cl2N2O6S. The maximum absolute atomic E-state index is 11.9. The van der Waals surface area contributed by atoms with Crippen molar-refractivity contribution in [3.8, 4) is 5.75 Å². The minimum absolute atomic E-state index is 0.169. The van der Waals surface area contributed by atoms with Gasteiger partial charge in [-0.3, -0.25) is 4.79 Å². The quantitative estimate of drug-likeness (QED) is 0.725. The third kappa shape index (κ3) is 6.02. The molecule has 0 spiro atoms. The van der Waals surface area contributed by atoms with Gasteiger partial charge in [0.15, 0.2) is 6.61 Å². The molecule has 27 heavy (non-hydrogen) atoms. The van der Waals surface area contributed by atoms with Gasteiger partial charge in [-0.05, 0) is 36.4 Å². The van der Waals surface area contributed by atoms with Crippen LogP contribution in [0, 0.1) is 0 Å². The normalized spacial score (nSPS) is 10.8. The molecule has 2 aromatic rings. The molecule has 0 aliphatic carbocycles. The lowest BCUT2D eigenvalue weighted by molar-refractivity contribution is -0.118. The Morgan fingerprint density at radius 1 is 1.04 bits per heavy atom. The summed E-state index contributed by atoms with van der Waals surface area (Å²) in [5.41, 5.74) is 0.342. The van der Waals surface area contributed by atoms with Crippen LogP contribution < -0.4 is 14.8 Å². The van der Waals surface area contributed by atoms with Crippen LogP contribution in [0.25, 0.3) is 0 Å². The van der Waals surface area contributed by atoms with E-state index in [0.717, 1.165) is 7.11 Å². The summed E-state index contributed by atoms with van der Waals surface area (Å²) in [5, 5.41) is 3.20. The highest BCUT2D eigenvalue weighted by Gasteiger charge is 2.17. The largest absolute Gasteiger partial charge is 0.484 e. The van der Waals surface area contributed by atoms with E-state index < -0.39 is 22.0 Å². The second-order valence-corrected chi connectivity index (χ2v) is 7.53. The summed E-state index contributed by atoms with van der Waals surface area (Å²) in [6.07, 6.45) is -1.10. The third-order valence-corrected chi connectivity index (χ3v) is 5.18. The summed E-state index contributed by atoms with van der Waals surface area (Å²) in [6, 6.07) is 9.76. The smallest absolute Gasteiger partial charge is 0.420 e. The highest BCUT2D eigenvalue weighted by Crippen LogP contribution is 2.26. The molecular weight excluding hydrogens is 419 g/mol. The molecule has 0 bridgehead atoms. The van der Waals surface area contributed by atoms with Gasteiger partial charge in [-0.1, -0.05) is 23.2 Å². The third-order valence-electron chi connectivity index (χ3n) is 3.11. The molecule has 0 aliphatic heterocycles. The molecule has 0 saturated carbocycles. The van der Waals surface area contributed by atoms with Gasteiger partial charge in [0.2, 0.25) is 0 Å². The van der Waals surface area contributed by atoms with E-state index >= 15 is 0 Å². The van der Waals surface area contributed by atoms with Crippen molar-refractivity contribution in [1.82, 2.24) is 4.72 Å². The van der Waals surface area contributed by atoms with E-state index in [1.54, 1.807) is 16.9 Å². The standard InChI is InChI=1S/C16H14Cl2N2O6S/c1-25-16(22)20-27(23,24)12-5-2-10(3-6-12)19-15(21)9-26-11-4-7-13(17)14(18)8-11/h2-8H,9H2,1H3,(H,19,21)(H,20,22). The predicted octanol–water partition coefficient (Wildman–Crippen LogP) is 3.06. The maximum atomic E-state index is 11.9. The van der Waals surface area contributed by atoms with Crippen LogP contribution in [0.3, 0.4) is 0 Å². The summed E-state index contributed by atoms with van der Waals surface area (Å²) < 4.78 is 35.1.